The Kier molecular flexibility index (Phi) is 5.04. The normalized spacial score (nSPS) is 24.2. The predicted octanol–water partition coefficient (Wildman–Crippen LogP) is 3.93. The molecule has 27 heavy (non-hydrogen) atoms. The van der Waals surface area contributed by atoms with Gasteiger partial charge in [0.1, 0.15) is 5.52 Å². The molecule has 1 amide bonds. The molecule has 2 N–H and O–H groups in total. The number of aromatic amines is 1. The van der Waals surface area contributed by atoms with Crippen molar-refractivity contribution in [2.45, 2.75) is 56.5 Å². The third-order valence-electron chi connectivity index (χ3n) is 5.79. The van der Waals surface area contributed by atoms with Gasteiger partial charge in [0.05, 0.1) is 5.25 Å². The van der Waals surface area contributed by atoms with Crippen LogP contribution in [0.1, 0.15) is 40.0 Å². The van der Waals surface area contributed by atoms with Gasteiger partial charge in [-0.25, -0.2) is 4.98 Å². The number of H-pyrrole nitrogens is 1. The fourth-order valence-corrected chi connectivity index (χ4v) is 4.58. The summed E-state index contributed by atoms with van der Waals surface area (Å²) < 4.78 is 0. The molecule has 2 heterocycles. The number of para-hydroxylation sites is 1. The first-order valence-electron chi connectivity index (χ1n) is 9.61. The van der Waals surface area contributed by atoms with Crippen molar-refractivity contribution < 1.29 is 4.79 Å². The molecule has 0 unspecified atom stereocenters. The summed E-state index contributed by atoms with van der Waals surface area (Å²) in [7, 11) is 0. The Balaban J connectivity index is 1.46. The number of carbonyl (C=O) groups is 1. The molecule has 2 aromatic heterocycles. The standard InChI is InChI=1S/C20H25N5OS/c1-11-7-6-10-15(12(11)2)22-19(26)13(3)27-20-23-18-17(24-25-20)14-8-4-5-9-16(14)21-18/h4-5,8-9,11-13,15H,6-7,10H2,1-3H3,(H,22,26)(H,21,23,25)/t11-,12+,13+,15+/m0/s1. The van der Waals surface area contributed by atoms with Gasteiger partial charge in [-0.1, -0.05) is 56.7 Å². The van der Waals surface area contributed by atoms with E-state index < -0.39 is 0 Å². The predicted molar refractivity (Wildman–Crippen MR) is 109 cm³/mol. The first-order chi connectivity index (χ1) is 13.0. The summed E-state index contributed by atoms with van der Waals surface area (Å²) in [5.74, 6) is 1.22. The third kappa shape index (κ3) is 3.65. The van der Waals surface area contributed by atoms with Crippen molar-refractivity contribution in [3.05, 3.63) is 24.3 Å². The number of fused-ring (bicyclic) bond motifs is 3. The van der Waals surface area contributed by atoms with Gasteiger partial charge in [-0.3, -0.25) is 4.79 Å². The minimum atomic E-state index is -0.266. The number of amides is 1. The minimum absolute atomic E-state index is 0.0475. The van der Waals surface area contributed by atoms with E-state index in [4.69, 9.17) is 0 Å². The van der Waals surface area contributed by atoms with E-state index in [2.05, 4.69) is 39.3 Å². The second kappa shape index (κ2) is 7.46. The molecule has 6 nitrogen and oxygen atoms in total. The van der Waals surface area contributed by atoms with Crippen LogP contribution in [0.25, 0.3) is 22.1 Å². The van der Waals surface area contributed by atoms with Crippen LogP contribution >= 0.6 is 11.8 Å². The quantitative estimate of drug-likeness (QED) is 0.667. The van der Waals surface area contributed by atoms with Gasteiger partial charge in [0.25, 0.3) is 0 Å². The van der Waals surface area contributed by atoms with Crippen LogP contribution < -0.4 is 5.32 Å². The highest BCUT2D eigenvalue weighted by atomic mass is 32.2. The topological polar surface area (TPSA) is 83.6 Å². The molecule has 0 bridgehead atoms. The fraction of sp³-hybridized carbons (Fsp3) is 0.500. The molecule has 1 aliphatic rings. The van der Waals surface area contributed by atoms with Gasteiger partial charge in [-0.15, -0.1) is 10.2 Å². The molecule has 142 valence electrons. The highest BCUT2D eigenvalue weighted by molar-refractivity contribution is 8.00. The summed E-state index contributed by atoms with van der Waals surface area (Å²) in [6.07, 6.45) is 3.50. The van der Waals surface area contributed by atoms with E-state index >= 15 is 0 Å². The maximum Gasteiger partial charge on any atom is 0.233 e. The molecule has 0 spiro atoms. The zero-order valence-electron chi connectivity index (χ0n) is 15.9. The Morgan fingerprint density at radius 3 is 2.93 bits per heavy atom. The molecular formula is C20H25N5OS. The highest BCUT2D eigenvalue weighted by Crippen LogP contribution is 2.30. The molecule has 4 atom stereocenters. The molecule has 1 saturated carbocycles. The van der Waals surface area contributed by atoms with Crippen LogP contribution in [0.3, 0.4) is 0 Å². The van der Waals surface area contributed by atoms with Crippen LogP contribution in [0.4, 0.5) is 0 Å². The summed E-state index contributed by atoms with van der Waals surface area (Å²) in [6, 6.07) is 8.20. The zero-order valence-corrected chi connectivity index (χ0v) is 16.7. The van der Waals surface area contributed by atoms with Gasteiger partial charge < -0.3 is 10.3 Å². The number of thioether (sulfide) groups is 1. The van der Waals surface area contributed by atoms with Gasteiger partial charge in [0.2, 0.25) is 11.1 Å². The molecule has 0 radical (unpaired) electrons. The first-order valence-corrected chi connectivity index (χ1v) is 10.5. The largest absolute Gasteiger partial charge is 0.352 e. The lowest BCUT2D eigenvalue weighted by molar-refractivity contribution is -0.121. The SMILES string of the molecule is C[C@@H]1[C@@H](C)CCC[C@H]1NC(=O)[C@@H](C)Sc1nnc2c(n1)[nH]c1ccccc12. The van der Waals surface area contributed by atoms with Crippen molar-refractivity contribution in [3.8, 4) is 0 Å². The lowest BCUT2D eigenvalue weighted by Crippen LogP contribution is -2.46. The fourth-order valence-electron chi connectivity index (χ4n) is 3.85. The summed E-state index contributed by atoms with van der Waals surface area (Å²) in [4.78, 5) is 20.5. The number of nitrogens with one attached hydrogen (secondary N) is 2. The number of carbonyl (C=O) groups excluding carboxylic acids is 1. The van der Waals surface area contributed by atoms with Crippen molar-refractivity contribution in [1.29, 1.82) is 0 Å². The van der Waals surface area contributed by atoms with Gasteiger partial charge in [0, 0.05) is 16.9 Å². The molecule has 1 fully saturated rings. The summed E-state index contributed by atoms with van der Waals surface area (Å²) in [5.41, 5.74) is 2.45. The molecule has 1 aromatic carbocycles. The zero-order chi connectivity index (χ0) is 19.0. The number of benzene rings is 1. The molecule has 0 saturated heterocycles. The number of hydrogen-bond acceptors (Lipinski definition) is 5. The van der Waals surface area contributed by atoms with Gasteiger partial charge in [-0.2, -0.15) is 0 Å². The van der Waals surface area contributed by atoms with Crippen molar-refractivity contribution in [2.75, 3.05) is 0 Å². The highest BCUT2D eigenvalue weighted by Gasteiger charge is 2.29. The molecule has 0 aliphatic heterocycles. The Morgan fingerprint density at radius 1 is 1.26 bits per heavy atom. The van der Waals surface area contributed by atoms with Crippen LogP contribution in [0.2, 0.25) is 0 Å². The Bertz CT molecular complexity index is 971. The number of hydrogen-bond donors (Lipinski definition) is 2. The van der Waals surface area contributed by atoms with Crippen molar-refractivity contribution in [3.63, 3.8) is 0 Å². The molecule has 4 rings (SSSR count). The van der Waals surface area contributed by atoms with Crippen molar-refractivity contribution >= 4 is 39.7 Å². The number of aromatic nitrogens is 4. The van der Waals surface area contributed by atoms with E-state index in [9.17, 15) is 4.79 Å². The van der Waals surface area contributed by atoms with Crippen LogP contribution in [0.5, 0.6) is 0 Å². The molecular weight excluding hydrogens is 358 g/mol. The second-order valence-corrected chi connectivity index (χ2v) is 8.91. The van der Waals surface area contributed by atoms with E-state index in [0.29, 0.717) is 22.6 Å². The van der Waals surface area contributed by atoms with Crippen LogP contribution in [0, 0.1) is 11.8 Å². The number of nitrogens with zero attached hydrogens (tertiary/aromatic N) is 3. The number of rotatable bonds is 4. The maximum atomic E-state index is 12.7. The van der Waals surface area contributed by atoms with E-state index in [1.54, 1.807) is 0 Å². The maximum absolute atomic E-state index is 12.7. The molecule has 3 aromatic rings. The van der Waals surface area contributed by atoms with E-state index in [0.717, 1.165) is 22.8 Å². The van der Waals surface area contributed by atoms with E-state index in [1.165, 1.54) is 24.6 Å². The summed E-state index contributed by atoms with van der Waals surface area (Å²) in [6.45, 7) is 6.41. The third-order valence-corrected chi connectivity index (χ3v) is 6.74. The Morgan fingerprint density at radius 2 is 2.07 bits per heavy atom. The minimum Gasteiger partial charge on any atom is -0.352 e. The second-order valence-electron chi connectivity index (χ2n) is 7.60. The smallest absolute Gasteiger partial charge is 0.233 e. The summed E-state index contributed by atoms with van der Waals surface area (Å²) in [5, 5.41) is 13.0. The van der Waals surface area contributed by atoms with Crippen molar-refractivity contribution in [2.24, 2.45) is 11.8 Å². The summed E-state index contributed by atoms with van der Waals surface area (Å²) >= 11 is 1.35. The average Bonchev–Trinajstić information content (AvgIpc) is 3.03. The average molecular weight is 384 g/mol. The van der Waals surface area contributed by atoms with E-state index in [1.807, 2.05) is 31.2 Å². The van der Waals surface area contributed by atoms with Gasteiger partial charge in [-0.05, 0) is 31.2 Å². The van der Waals surface area contributed by atoms with Crippen LogP contribution in [-0.2, 0) is 4.79 Å². The van der Waals surface area contributed by atoms with Crippen LogP contribution in [-0.4, -0.2) is 37.4 Å². The van der Waals surface area contributed by atoms with Gasteiger partial charge >= 0.3 is 0 Å². The molecule has 1 aliphatic carbocycles. The lowest BCUT2D eigenvalue weighted by Gasteiger charge is -2.35. The van der Waals surface area contributed by atoms with E-state index in [-0.39, 0.29) is 17.2 Å². The Hall–Kier alpha value is -2.15. The monoisotopic (exact) mass is 383 g/mol. The Labute approximate surface area is 162 Å². The van der Waals surface area contributed by atoms with Crippen LogP contribution in [0.15, 0.2) is 29.4 Å². The van der Waals surface area contributed by atoms with Crippen molar-refractivity contribution in [1.82, 2.24) is 25.5 Å². The first kappa shape index (κ1) is 18.2. The lowest BCUT2D eigenvalue weighted by atomic mass is 9.78. The molecule has 7 heteroatoms. The van der Waals surface area contributed by atoms with Gasteiger partial charge in [0.15, 0.2) is 5.65 Å².